The second-order valence-electron chi connectivity index (χ2n) is 8.64. The Kier molecular flexibility index (Phi) is 6.99. The van der Waals surface area contributed by atoms with E-state index in [4.69, 9.17) is 18.6 Å². The zero-order valence-electron chi connectivity index (χ0n) is 18.6. The maximum absolute atomic E-state index is 13.4. The summed E-state index contributed by atoms with van der Waals surface area (Å²) in [6, 6.07) is 8.76. The van der Waals surface area contributed by atoms with E-state index in [-0.39, 0.29) is 37.2 Å². The van der Waals surface area contributed by atoms with Crippen LogP contribution in [0.2, 0.25) is 0 Å². The van der Waals surface area contributed by atoms with E-state index in [9.17, 15) is 9.59 Å². The van der Waals surface area contributed by atoms with Crippen LogP contribution in [0.3, 0.4) is 0 Å². The fourth-order valence-electron chi connectivity index (χ4n) is 4.01. The van der Waals surface area contributed by atoms with Gasteiger partial charge in [-0.1, -0.05) is 13.8 Å². The van der Waals surface area contributed by atoms with Gasteiger partial charge in [0.15, 0.2) is 11.5 Å². The van der Waals surface area contributed by atoms with Crippen molar-refractivity contribution in [3.63, 3.8) is 0 Å². The van der Waals surface area contributed by atoms with E-state index in [0.717, 1.165) is 19.4 Å². The zero-order chi connectivity index (χ0) is 22.5. The molecule has 0 saturated carbocycles. The molecule has 1 fully saturated rings. The predicted octanol–water partition coefficient (Wildman–Crippen LogP) is 3.31. The van der Waals surface area contributed by atoms with Gasteiger partial charge in [-0.05, 0) is 49.1 Å². The Bertz CT molecular complexity index is 921. The first-order valence-corrected chi connectivity index (χ1v) is 11.1. The molecule has 32 heavy (non-hydrogen) atoms. The van der Waals surface area contributed by atoms with Crippen molar-refractivity contribution in [2.45, 2.75) is 39.3 Å². The first-order valence-electron chi connectivity index (χ1n) is 11.1. The molecule has 2 aliphatic rings. The molecule has 2 amide bonds. The molecule has 0 N–H and O–H groups in total. The number of carbonyl (C=O) groups is 2. The molecule has 1 aromatic heterocycles. The third-order valence-electron chi connectivity index (χ3n) is 5.55. The molecule has 1 aromatic carbocycles. The largest absolute Gasteiger partial charge is 0.467 e. The Morgan fingerprint density at radius 2 is 1.97 bits per heavy atom. The third-order valence-corrected chi connectivity index (χ3v) is 5.55. The maximum atomic E-state index is 13.4. The molecule has 2 aromatic rings. The van der Waals surface area contributed by atoms with Gasteiger partial charge in [-0.15, -0.1) is 0 Å². The number of benzene rings is 1. The number of nitrogens with zero attached hydrogens (tertiary/aromatic N) is 2. The second kappa shape index (κ2) is 10.1. The van der Waals surface area contributed by atoms with Crippen molar-refractivity contribution >= 4 is 11.8 Å². The van der Waals surface area contributed by atoms with Crippen LogP contribution in [0.4, 0.5) is 0 Å². The topological polar surface area (TPSA) is 81.5 Å². The first-order chi connectivity index (χ1) is 15.5. The van der Waals surface area contributed by atoms with Crippen molar-refractivity contribution < 1.29 is 28.2 Å². The van der Waals surface area contributed by atoms with E-state index in [1.54, 1.807) is 40.3 Å². The lowest BCUT2D eigenvalue weighted by Gasteiger charge is -2.29. The fraction of sp³-hybridized carbons (Fsp3) is 0.500. The van der Waals surface area contributed by atoms with Crippen LogP contribution in [0.5, 0.6) is 11.5 Å². The number of rotatable bonds is 9. The Morgan fingerprint density at radius 3 is 2.69 bits per heavy atom. The summed E-state index contributed by atoms with van der Waals surface area (Å²) in [5, 5.41) is 0. The van der Waals surface area contributed by atoms with Crippen molar-refractivity contribution in [3.05, 3.63) is 47.9 Å². The van der Waals surface area contributed by atoms with Crippen molar-refractivity contribution in [1.82, 2.24) is 9.80 Å². The lowest BCUT2D eigenvalue weighted by Crippen LogP contribution is -2.46. The summed E-state index contributed by atoms with van der Waals surface area (Å²) in [6.07, 6.45) is 3.53. The standard InChI is InChI=1S/C24H30N2O6/c1-17(2)12-26(24(28)18-7-8-21-22(11-18)32-16-31-21)15-23(27)25(13-19-5-3-9-29-19)14-20-6-4-10-30-20/h3,5,7-9,11,17,20H,4,6,10,12-16H2,1-2H3. The predicted molar refractivity (Wildman–Crippen MR) is 116 cm³/mol. The van der Waals surface area contributed by atoms with Crippen molar-refractivity contribution in [3.8, 4) is 11.5 Å². The normalized spacial score (nSPS) is 17.0. The van der Waals surface area contributed by atoms with E-state index in [0.29, 0.717) is 42.5 Å². The highest BCUT2D eigenvalue weighted by molar-refractivity contribution is 5.97. The van der Waals surface area contributed by atoms with E-state index >= 15 is 0 Å². The van der Waals surface area contributed by atoms with Gasteiger partial charge in [0.2, 0.25) is 12.7 Å². The second-order valence-corrected chi connectivity index (χ2v) is 8.64. The molecule has 2 aliphatic heterocycles. The molecule has 0 aliphatic carbocycles. The lowest BCUT2D eigenvalue weighted by molar-refractivity contribution is -0.134. The minimum atomic E-state index is -0.208. The number of furan rings is 1. The van der Waals surface area contributed by atoms with Crippen LogP contribution in [0.25, 0.3) is 0 Å². The molecular weight excluding hydrogens is 412 g/mol. The van der Waals surface area contributed by atoms with Gasteiger partial charge in [0.05, 0.1) is 18.9 Å². The quantitative estimate of drug-likeness (QED) is 0.593. The van der Waals surface area contributed by atoms with Gasteiger partial charge in [0.1, 0.15) is 12.3 Å². The molecule has 1 unspecified atom stereocenters. The Hall–Kier alpha value is -3.00. The molecule has 0 spiro atoms. The molecule has 4 rings (SSSR count). The lowest BCUT2D eigenvalue weighted by atomic mass is 10.1. The minimum Gasteiger partial charge on any atom is -0.467 e. The van der Waals surface area contributed by atoms with Gasteiger partial charge in [-0.2, -0.15) is 0 Å². The number of hydrogen-bond acceptors (Lipinski definition) is 6. The summed E-state index contributed by atoms with van der Waals surface area (Å²) >= 11 is 0. The van der Waals surface area contributed by atoms with E-state index in [1.807, 2.05) is 19.9 Å². The van der Waals surface area contributed by atoms with Gasteiger partial charge in [-0.25, -0.2) is 0 Å². The highest BCUT2D eigenvalue weighted by Crippen LogP contribution is 2.33. The average molecular weight is 443 g/mol. The van der Waals surface area contributed by atoms with E-state index in [2.05, 4.69) is 0 Å². The van der Waals surface area contributed by atoms with Crippen molar-refractivity contribution in [2.75, 3.05) is 33.0 Å². The third kappa shape index (κ3) is 5.43. The Labute approximate surface area is 188 Å². The van der Waals surface area contributed by atoms with Gasteiger partial charge >= 0.3 is 0 Å². The van der Waals surface area contributed by atoms with Gasteiger partial charge in [0.25, 0.3) is 5.91 Å². The molecular formula is C24H30N2O6. The van der Waals surface area contributed by atoms with Crippen LogP contribution in [-0.4, -0.2) is 60.8 Å². The van der Waals surface area contributed by atoms with Crippen LogP contribution in [-0.2, 0) is 16.1 Å². The molecule has 0 bridgehead atoms. The number of ether oxygens (including phenoxy) is 3. The summed E-state index contributed by atoms with van der Waals surface area (Å²) in [4.78, 5) is 30.0. The Morgan fingerprint density at radius 1 is 1.12 bits per heavy atom. The van der Waals surface area contributed by atoms with Gasteiger partial charge < -0.3 is 28.4 Å². The molecule has 1 saturated heterocycles. The molecule has 1 atom stereocenters. The van der Waals surface area contributed by atoms with Gasteiger partial charge in [0, 0.05) is 25.3 Å². The minimum absolute atomic E-state index is 0.0111. The molecule has 172 valence electrons. The fourth-order valence-corrected chi connectivity index (χ4v) is 4.01. The SMILES string of the molecule is CC(C)CN(CC(=O)N(Cc1ccco1)CC1CCCO1)C(=O)c1ccc2c(c1)OCO2. The summed E-state index contributed by atoms with van der Waals surface area (Å²) in [7, 11) is 0. The number of hydrogen-bond donors (Lipinski definition) is 0. The number of amides is 2. The summed E-state index contributed by atoms with van der Waals surface area (Å²) in [5.41, 5.74) is 0.472. The smallest absolute Gasteiger partial charge is 0.254 e. The van der Waals surface area contributed by atoms with Gasteiger partial charge in [-0.3, -0.25) is 9.59 Å². The number of carbonyl (C=O) groups excluding carboxylic acids is 2. The Balaban J connectivity index is 1.49. The van der Waals surface area contributed by atoms with Crippen LogP contribution >= 0.6 is 0 Å². The molecule has 8 heteroatoms. The summed E-state index contributed by atoms with van der Waals surface area (Å²) < 4.78 is 22.0. The first kappa shape index (κ1) is 22.2. The summed E-state index contributed by atoms with van der Waals surface area (Å²) in [5.74, 6) is 1.73. The van der Waals surface area contributed by atoms with Crippen LogP contribution in [0.15, 0.2) is 41.0 Å². The number of fused-ring (bicyclic) bond motifs is 1. The highest BCUT2D eigenvalue weighted by atomic mass is 16.7. The monoisotopic (exact) mass is 442 g/mol. The zero-order valence-corrected chi connectivity index (χ0v) is 18.6. The van der Waals surface area contributed by atoms with Crippen LogP contribution in [0.1, 0.15) is 42.8 Å². The van der Waals surface area contributed by atoms with Crippen LogP contribution < -0.4 is 9.47 Å². The van der Waals surface area contributed by atoms with E-state index in [1.165, 1.54) is 0 Å². The average Bonchev–Trinajstić information content (AvgIpc) is 3.54. The van der Waals surface area contributed by atoms with E-state index < -0.39 is 0 Å². The maximum Gasteiger partial charge on any atom is 0.254 e. The van der Waals surface area contributed by atoms with Crippen molar-refractivity contribution in [1.29, 1.82) is 0 Å². The highest BCUT2D eigenvalue weighted by Gasteiger charge is 2.28. The van der Waals surface area contributed by atoms with Crippen molar-refractivity contribution in [2.24, 2.45) is 5.92 Å². The molecule has 8 nitrogen and oxygen atoms in total. The summed E-state index contributed by atoms with van der Waals surface area (Å²) in [6.45, 7) is 6.19. The molecule has 0 radical (unpaired) electrons. The molecule has 3 heterocycles. The van der Waals surface area contributed by atoms with Crippen LogP contribution in [0, 0.1) is 5.92 Å².